The van der Waals surface area contributed by atoms with Crippen molar-refractivity contribution in [3.8, 4) is 10.6 Å². The highest BCUT2D eigenvalue weighted by molar-refractivity contribution is 7.13. The first-order chi connectivity index (χ1) is 11.1. The van der Waals surface area contributed by atoms with Crippen LogP contribution in [-0.2, 0) is 11.2 Å². The molecule has 1 aliphatic rings. The molecule has 1 saturated carbocycles. The fraction of sp³-hybridized carbons (Fsp3) is 0.474. The summed E-state index contributed by atoms with van der Waals surface area (Å²) in [6, 6.07) is 8.69. The fourth-order valence-electron chi connectivity index (χ4n) is 3.17. The number of aromatic nitrogens is 1. The Hall–Kier alpha value is -1.68. The molecule has 0 radical (unpaired) electrons. The number of aryl methyl sites for hydroxylation is 1. The molecule has 0 bridgehead atoms. The van der Waals surface area contributed by atoms with Crippen LogP contribution in [0.25, 0.3) is 10.6 Å². The minimum atomic E-state index is 0.101. The number of carbonyl (C=O) groups is 1. The second-order valence-electron chi connectivity index (χ2n) is 6.62. The molecule has 1 aromatic carbocycles. The zero-order valence-corrected chi connectivity index (χ0v) is 14.7. The van der Waals surface area contributed by atoms with Gasteiger partial charge in [-0.1, -0.05) is 49.6 Å². The van der Waals surface area contributed by atoms with Crippen LogP contribution in [-0.4, -0.2) is 16.9 Å². The number of nitrogens with zero attached hydrogens (tertiary/aromatic N) is 1. The molecule has 3 rings (SSSR count). The van der Waals surface area contributed by atoms with E-state index in [1.807, 2.05) is 5.38 Å². The Kier molecular flexibility index (Phi) is 5.11. The van der Waals surface area contributed by atoms with E-state index < -0.39 is 0 Å². The van der Waals surface area contributed by atoms with Crippen molar-refractivity contribution in [3.05, 3.63) is 40.9 Å². The smallest absolute Gasteiger partial charge is 0.226 e. The number of carbonyl (C=O) groups excluding carboxylic acids is 1. The van der Waals surface area contributed by atoms with Gasteiger partial charge in [0.1, 0.15) is 5.01 Å². The molecule has 2 atom stereocenters. The first kappa shape index (κ1) is 16.2. The topological polar surface area (TPSA) is 42.0 Å². The maximum atomic E-state index is 12.3. The molecule has 3 nitrogen and oxygen atoms in total. The SMILES string of the molecule is Cc1ccc(-c2nc(CC(=O)NC3CCCCC3C)cs2)cc1. The average molecular weight is 328 g/mol. The van der Waals surface area contributed by atoms with Crippen molar-refractivity contribution in [1.82, 2.24) is 10.3 Å². The van der Waals surface area contributed by atoms with Crippen LogP contribution in [0.2, 0.25) is 0 Å². The van der Waals surface area contributed by atoms with E-state index in [4.69, 9.17) is 0 Å². The van der Waals surface area contributed by atoms with Crippen molar-refractivity contribution >= 4 is 17.2 Å². The van der Waals surface area contributed by atoms with E-state index in [9.17, 15) is 4.79 Å². The molecule has 1 N–H and O–H groups in total. The van der Waals surface area contributed by atoms with Crippen molar-refractivity contribution in [3.63, 3.8) is 0 Å². The molecular formula is C19H24N2OS. The second-order valence-corrected chi connectivity index (χ2v) is 7.48. The van der Waals surface area contributed by atoms with Gasteiger partial charge in [0.2, 0.25) is 5.91 Å². The minimum Gasteiger partial charge on any atom is -0.353 e. The van der Waals surface area contributed by atoms with Crippen LogP contribution in [0.3, 0.4) is 0 Å². The number of amides is 1. The van der Waals surface area contributed by atoms with Gasteiger partial charge in [0.25, 0.3) is 0 Å². The summed E-state index contributed by atoms with van der Waals surface area (Å²) in [5.74, 6) is 0.691. The quantitative estimate of drug-likeness (QED) is 0.906. The highest BCUT2D eigenvalue weighted by Crippen LogP contribution is 2.25. The lowest BCUT2D eigenvalue weighted by atomic mass is 9.86. The van der Waals surface area contributed by atoms with Gasteiger partial charge in [-0.25, -0.2) is 4.98 Å². The summed E-state index contributed by atoms with van der Waals surface area (Å²) < 4.78 is 0. The van der Waals surface area contributed by atoms with E-state index in [0.29, 0.717) is 18.4 Å². The second kappa shape index (κ2) is 7.26. The van der Waals surface area contributed by atoms with Crippen LogP contribution in [0.5, 0.6) is 0 Å². The minimum absolute atomic E-state index is 0.101. The molecule has 2 aromatic rings. The van der Waals surface area contributed by atoms with Gasteiger partial charge in [0.05, 0.1) is 12.1 Å². The predicted molar refractivity (Wildman–Crippen MR) is 95.6 cm³/mol. The molecule has 2 unspecified atom stereocenters. The summed E-state index contributed by atoms with van der Waals surface area (Å²) in [7, 11) is 0. The lowest BCUT2D eigenvalue weighted by molar-refractivity contribution is -0.121. The molecule has 0 aliphatic heterocycles. The summed E-state index contributed by atoms with van der Waals surface area (Å²) in [5.41, 5.74) is 3.23. The maximum absolute atomic E-state index is 12.3. The first-order valence-corrected chi connectivity index (χ1v) is 9.30. The normalized spacial score (nSPS) is 21.1. The number of rotatable bonds is 4. The Balaban J connectivity index is 1.60. The number of benzene rings is 1. The van der Waals surface area contributed by atoms with Gasteiger partial charge < -0.3 is 5.32 Å². The number of thiazole rings is 1. The molecule has 23 heavy (non-hydrogen) atoms. The third-order valence-electron chi connectivity index (χ3n) is 4.65. The van der Waals surface area contributed by atoms with Crippen LogP contribution < -0.4 is 5.32 Å². The zero-order chi connectivity index (χ0) is 16.2. The van der Waals surface area contributed by atoms with Gasteiger partial charge in [0.15, 0.2) is 0 Å². The highest BCUT2D eigenvalue weighted by Gasteiger charge is 2.23. The molecule has 1 fully saturated rings. The fourth-order valence-corrected chi connectivity index (χ4v) is 4.00. The molecular weight excluding hydrogens is 304 g/mol. The van der Waals surface area contributed by atoms with E-state index in [2.05, 4.69) is 48.4 Å². The molecule has 1 heterocycles. The number of hydrogen-bond donors (Lipinski definition) is 1. The van der Waals surface area contributed by atoms with Gasteiger partial charge in [0, 0.05) is 17.0 Å². The molecule has 4 heteroatoms. The Morgan fingerprint density at radius 2 is 2.00 bits per heavy atom. The molecule has 1 aliphatic carbocycles. The molecule has 122 valence electrons. The standard InChI is InChI=1S/C19H24N2OS/c1-13-7-9-15(10-8-13)19-20-16(12-23-19)11-18(22)21-17-6-4-3-5-14(17)2/h7-10,12,14,17H,3-6,11H2,1-2H3,(H,21,22). The Morgan fingerprint density at radius 3 is 2.74 bits per heavy atom. The lowest BCUT2D eigenvalue weighted by Gasteiger charge is -2.29. The monoisotopic (exact) mass is 328 g/mol. The van der Waals surface area contributed by atoms with Gasteiger partial charge in [-0.15, -0.1) is 11.3 Å². The number of nitrogens with one attached hydrogen (secondary N) is 1. The Bertz CT molecular complexity index is 662. The van der Waals surface area contributed by atoms with Crippen molar-refractivity contribution < 1.29 is 4.79 Å². The maximum Gasteiger partial charge on any atom is 0.226 e. The van der Waals surface area contributed by atoms with Crippen LogP contribution in [0.1, 0.15) is 43.9 Å². The van der Waals surface area contributed by atoms with Crippen molar-refractivity contribution in [2.24, 2.45) is 5.92 Å². The Morgan fingerprint density at radius 1 is 1.26 bits per heavy atom. The van der Waals surface area contributed by atoms with E-state index in [1.165, 1.54) is 24.8 Å². The Labute approximate surface area is 142 Å². The summed E-state index contributed by atoms with van der Waals surface area (Å²) in [4.78, 5) is 16.9. The van der Waals surface area contributed by atoms with Crippen LogP contribution in [0.15, 0.2) is 29.6 Å². The largest absolute Gasteiger partial charge is 0.353 e. The summed E-state index contributed by atoms with van der Waals surface area (Å²) in [5, 5.41) is 6.18. The molecule has 0 saturated heterocycles. The third kappa shape index (κ3) is 4.20. The van der Waals surface area contributed by atoms with E-state index >= 15 is 0 Å². The average Bonchev–Trinajstić information content (AvgIpc) is 2.98. The summed E-state index contributed by atoms with van der Waals surface area (Å²) >= 11 is 1.61. The predicted octanol–water partition coefficient (Wildman–Crippen LogP) is 4.36. The van der Waals surface area contributed by atoms with Gasteiger partial charge in [-0.3, -0.25) is 4.79 Å². The lowest BCUT2D eigenvalue weighted by Crippen LogP contribution is -2.41. The molecule has 1 amide bonds. The van der Waals surface area contributed by atoms with Crippen molar-refractivity contribution in [1.29, 1.82) is 0 Å². The summed E-state index contributed by atoms with van der Waals surface area (Å²) in [6.07, 6.45) is 5.23. The zero-order valence-electron chi connectivity index (χ0n) is 13.8. The van der Waals surface area contributed by atoms with Crippen LogP contribution in [0.4, 0.5) is 0 Å². The first-order valence-electron chi connectivity index (χ1n) is 8.42. The van der Waals surface area contributed by atoms with E-state index in [-0.39, 0.29) is 5.91 Å². The molecule has 0 spiro atoms. The summed E-state index contributed by atoms with van der Waals surface area (Å²) in [6.45, 7) is 4.32. The third-order valence-corrected chi connectivity index (χ3v) is 5.59. The van der Waals surface area contributed by atoms with Gasteiger partial charge in [-0.05, 0) is 25.7 Å². The van der Waals surface area contributed by atoms with Crippen LogP contribution >= 0.6 is 11.3 Å². The van der Waals surface area contributed by atoms with Gasteiger partial charge in [-0.2, -0.15) is 0 Å². The van der Waals surface area contributed by atoms with Gasteiger partial charge >= 0.3 is 0 Å². The van der Waals surface area contributed by atoms with Crippen molar-refractivity contribution in [2.75, 3.05) is 0 Å². The number of hydrogen-bond acceptors (Lipinski definition) is 3. The van der Waals surface area contributed by atoms with Crippen molar-refractivity contribution in [2.45, 2.75) is 52.0 Å². The van der Waals surface area contributed by atoms with E-state index in [0.717, 1.165) is 22.7 Å². The van der Waals surface area contributed by atoms with E-state index in [1.54, 1.807) is 11.3 Å². The molecule has 1 aromatic heterocycles. The van der Waals surface area contributed by atoms with Crippen LogP contribution in [0, 0.1) is 12.8 Å². The highest BCUT2D eigenvalue weighted by atomic mass is 32.1.